The van der Waals surface area contributed by atoms with E-state index in [1.807, 2.05) is 38.1 Å². The third kappa shape index (κ3) is 4.40. The highest BCUT2D eigenvalue weighted by Crippen LogP contribution is 2.39. The van der Waals surface area contributed by atoms with E-state index in [9.17, 15) is 0 Å². The number of halogens is 2. The molecule has 0 bridgehead atoms. The zero-order valence-corrected chi connectivity index (χ0v) is 17.8. The van der Waals surface area contributed by atoms with Gasteiger partial charge < -0.3 is 20.2 Å². The molecule has 0 spiro atoms. The third-order valence-corrected chi connectivity index (χ3v) is 5.16. The summed E-state index contributed by atoms with van der Waals surface area (Å²) in [6.07, 6.45) is 2.85. The number of benzene rings is 2. The largest absolute Gasteiger partial charge is 0.490 e. The minimum Gasteiger partial charge on any atom is -0.490 e. The van der Waals surface area contributed by atoms with Crippen molar-refractivity contribution < 1.29 is 9.47 Å². The van der Waals surface area contributed by atoms with E-state index in [0.717, 1.165) is 52.9 Å². The standard InChI is InChI=1S/C22H26Cl2N2O2/c1-3-27-19-9-8-14(11-20(19)28-4-2)21-16(7-5-6-10-25)17-12-15(23)13-18(24)22(17)26-21/h8-9,11-13,26H,3-7,10,25H2,1-2H3. The van der Waals surface area contributed by atoms with Crippen molar-refractivity contribution >= 4 is 34.1 Å². The smallest absolute Gasteiger partial charge is 0.161 e. The molecule has 3 rings (SSSR count). The van der Waals surface area contributed by atoms with Gasteiger partial charge >= 0.3 is 0 Å². The van der Waals surface area contributed by atoms with E-state index < -0.39 is 0 Å². The number of ether oxygens (including phenoxy) is 2. The van der Waals surface area contributed by atoms with E-state index in [-0.39, 0.29) is 0 Å². The highest BCUT2D eigenvalue weighted by atomic mass is 35.5. The van der Waals surface area contributed by atoms with Crippen molar-refractivity contribution in [3.05, 3.63) is 45.9 Å². The van der Waals surface area contributed by atoms with E-state index in [1.165, 1.54) is 5.56 Å². The summed E-state index contributed by atoms with van der Waals surface area (Å²) in [6, 6.07) is 9.74. The Bertz CT molecular complexity index is 953. The van der Waals surface area contributed by atoms with Gasteiger partial charge in [-0.05, 0) is 75.5 Å². The number of hydrogen-bond acceptors (Lipinski definition) is 3. The normalized spacial score (nSPS) is 11.2. The minimum absolute atomic E-state index is 0.570. The van der Waals surface area contributed by atoms with Crippen LogP contribution in [0.5, 0.6) is 11.5 Å². The summed E-state index contributed by atoms with van der Waals surface area (Å²) in [7, 11) is 0. The number of rotatable bonds is 9. The summed E-state index contributed by atoms with van der Waals surface area (Å²) in [5.74, 6) is 1.48. The second kappa shape index (κ2) is 9.55. The summed E-state index contributed by atoms with van der Waals surface area (Å²) in [4.78, 5) is 3.51. The molecule has 150 valence electrons. The van der Waals surface area contributed by atoms with E-state index >= 15 is 0 Å². The second-order valence-electron chi connectivity index (χ2n) is 6.56. The van der Waals surface area contributed by atoms with Crippen LogP contribution in [0.2, 0.25) is 10.0 Å². The zero-order chi connectivity index (χ0) is 20.1. The van der Waals surface area contributed by atoms with Crippen molar-refractivity contribution in [2.45, 2.75) is 33.1 Å². The first-order valence-corrected chi connectivity index (χ1v) is 10.4. The van der Waals surface area contributed by atoms with Gasteiger partial charge in [0.15, 0.2) is 11.5 Å². The van der Waals surface area contributed by atoms with Crippen LogP contribution in [0.3, 0.4) is 0 Å². The molecular weight excluding hydrogens is 395 g/mol. The molecule has 0 aliphatic rings. The Hall–Kier alpha value is -1.88. The highest BCUT2D eigenvalue weighted by Gasteiger charge is 2.17. The van der Waals surface area contributed by atoms with Crippen LogP contribution in [0.4, 0.5) is 0 Å². The average Bonchev–Trinajstić information content (AvgIpc) is 3.03. The number of aromatic nitrogens is 1. The lowest BCUT2D eigenvalue weighted by Crippen LogP contribution is -2.00. The van der Waals surface area contributed by atoms with Crippen LogP contribution in [0.1, 0.15) is 32.3 Å². The minimum atomic E-state index is 0.570. The molecule has 0 amide bonds. The Balaban J connectivity index is 2.14. The molecule has 0 saturated heterocycles. The van der Waals surface area contributed by atoms with Gasteiger partial charge in [-0.1, -0.05) is 23.2 Å². The lowest BCUT2D eigenvalue weighted by Gasteiger charge is -2.13. The fourth-order valence-corrected chi connectivity index (χ4v) is 3.97. The lowest BCUT2D eigenvalue weighted by atomic mass is 10.00. The van der Waals surface area contributed by atoms with E-state index in [1.54, 1.807) is 6.07 Å². The number of H-pyrrole nitrogens is 1. The number of aromatic amines is 1. The monoisotopic (exact) mass is 420 g/mol. The van der Waals surface area contributed by atoms with Crippen molar-refractivity contribution in [2.24, 2.45) is 5.73 Å². The van der Waals surface area contributed by atoms with Crippen LogP contribution < -0.4 is 15.2 Å². The Morgan fingerprint density at radius 3 is 2.43 bits per heavy atom. The van der Waals surface area contributed by atoms with Crippen LogP contribution >= 0.6 is 23.2 Å². The first-order chi connectivity index (χ1) is 13.6. The number of nitrogens with two attached hydrogens (primary N) is 1. The molecule has 1 aromatic heterocycles. The van der Waals surface area contributed by atoms with Gasteiger partial charge in [0.25, 0.3) is 0 Å². The topological polar surface area (TPSA) is 60.3 Å². The molecule has 2 aromatic carbocycles. The van der Waals surface area contributed by atoms with Gasteiger partial charge in [0.2, 0.25) is 0 Å². The first-order valence-electron chi connectivity index (χ1n) is 9.68. The maximum absolute atomic E-state index is 6.46. The molecule has 28 heavy (non-hydrogen) atoms. The van der Waals surface area contributed by atoms with Gasteiger partial charge in [0, 0.05) is 21.7 Å². The van der Waals surface area contributed by atoms with Crippen LogP contribution in [0, 0.1) is 0 Å². The van der Waals surface area contributed by atoms with Gasteiger partial charge in [-0.3, -0.25) is 0 Å². The SMILES string of the molecule is CCOc1ccc(-c2[nH]c3c(Cl)cc(Cl)cc3c2CCCCN)cc1OCC. The van der Waals surface area contributed by atoms with Crippen molar-refractivity contribution in [1.29, 1.82) is 0 Å². The molecule has 0 fully saturated rings. The van der Waals surface area contributed by atoms with Gasteiger partial charge in [0.1, 0.15) is 0 Å². The average molecular weight is 421 g/mol. The Morgan fingerprint density at radius 2 is 1.71 bits per heavy atom. The van der Waals surface area contributed by atoms with Crippen LogP contribution in [0.15, 0.2) is 30.3 Å². The third-order valence-electron chi connectivity index (χ3n) is 4.64. The summed E-state index contributed by atoms with van der Waals surface area (Å²) < 4.78 is 11.5. The van der Waals surface area contributed by atoms with Crippen molar-refractivity contribution in [3.8, 4) is 22.8 Å². The van der Waals surface area contributed by atoms with Gasteiger partial charge in [0.05, 0.1) is 23.8 Å². The Kier molecular flexibility index (Phi) is 7.11. The maximum atomic E-state index is 6.46. The summed E-state index contributed by atoms with van der Waals surface area (Å²) in [5, 5.41) is 2.30. The van der Waals surface area contributed by atoms with E-state index in [0.29, 0.717) is 29.8 Å². The van der Waals surface area contributed by atoms with Crippen molar-refractivity contribution in [2.75, 3.05) is 19.8 Å². The quantitative estimate of drug-likeness (QED) is 0.403. The van der Waals surface area contributed by atoms with Gasteiger partial charge in [-0.15, -0.1) is 0 Å². The number of unbranched alkanes of at least 4 members (excludes halogenated alkanes) is 1. The van der Waals surface area contributed by atoms with Gasteiger partial charge in [-0.25, -0.2) is 0 Å². The Morgan fingerprint density at radius 1 is 0.964 bits per heavy atom. The molecule has 0 saturated carbocycles. The van der Waals surface area contributed by atoms with Crippen molar-refractivity contribution in [3.63, 3.8) is 0 Å². The highest BCUT2D eigenvalue weighted by molar-refractivity contribution is 6.38. The summed E-state index contributed by atoms with van der Waals surface area (Å²) in [5.41, 5.74) is 9.84. The molecule has 3 aromatic rings. The maximum Gasteiger partial charge on any atom is 0.161 e. The Labute approximate surface area is 175 Å². The molecule has 0 aliphatic carbocycles. The van der Waals surface area contributed by atoms with Crippen molar-refractivity contribution in [1.82, 2.24) is 4.98 Å². The molecule has 3 N–H and O–H groups in total. The molecule has 4 nitrogen and oxygen atoms in total. The summed E-state index contributed by atoms with van der Waals surface area (Å²) >= 11 is 12.7. The van der Waals surface area contributed by atoms with E-state index in [4.69, 9.17) is 38.4 Å². The molecule has 0 radical (unpaired) electrons. The summed E-state index contributed by atoms with van der Waals surface area (Å²) in [6.45, 7) is 5.76. The molecule has 0 unspecified atom stereocenters. The number of aryl methyl sites for hydroxylation is 1. The lowest BCUT2D eigenvalue weighted by molar-refractivity contribution is 0.288. The predicted molar refractivity (Wildman–Crippen MR) is 118 cm³/mol. The van der Waals surface area contributed by atoms with Crippen LogP contribution in [-0.2, 0) is 6.42 Å². The second-order valence-corrected chi connectivity index (χ2v) is 7.41. The molecule has 0 aliphatic heterocycles. The number of nitrogens with one attached hydrogen (secondary N) is 1. The molecular formula is C22H26Cl2N2O2. The van der Waals surface area contributed by atoms with Crippen LogP contribution in [-0.4, -0.2) is 24.7 Å². The molecule has 0 atom stereocenters. The van der Waals surface area contributed by atoms with E-state index in [2.05, 4.69) is 4.98 Å². The van der Waals surface area contributed by atoms with Gasteiger partial charge in [-0.2, -0.15) is 0 Å². The fourth-order valence-electron chi connectivity index (χ4n) is 3.43. The number of hydrogen-bond donors (Lipinski definition) is 2. The fraction of sp³-hybridized carbons (Fsp3) is 0.364. The predicted octanol–water partition coefficient (Wildman–Crippen LogP) is 6.22. The zero-order valence-electron chi connectivity index (χ0n) is 16.3. The van der Waals surface area contributed by atoms with Crippen LogP contribution in [0.25, 0.3) is 22.2 Å². The number of fused-ring (bicyclic) bond motifs is 1. The molecule has 1 heterocycles. The first kappa shape index (κ1) is 20.8. The molecule has 6 heteroatoms.